The third-order valence-corrected chi connectivity index (χ3v) is 2.75. The molecule has 0 aliphatic carbocycles. The summed E-state index contributed by atoms with van der Waals surface area (Å²) in [5.41, 5.74) is 10.2. The quantitative estimate of drug-likeness (QED) is 0.847. The average molecular weight is 227 g/mol. The number of nitrogens with zero attached hydrogens (tertiary/aromatic N) is 1. The lowest BCUT2D eigenvalue weighted by Gasteiger charge is -2.10. The number of hydrogen-bond donors (Lipinski definition) is 2. The van der Waals surface area contributed by atoms with Crippen molar-refractivity contribution in [3.8, 4) is 0 Å². The largest absolute Gasteiger partial charge is 0.396 e. The Bertz CT molecular complexity index is 521. The zero-order valence-corrected chi connectivity index (χ0v) is 10.2. The Labute approximate surface area is 102 Å². The molecule has 2 aromatic rings. The van der Waals surface area contributed by atoms with Gasteiger partial charge in [0.15, 0.2) is 0 Å². The lowest BCUT2D eigenvalue weighted by molar-refractivity contribution is 1.10. The lowest BCUT2D eigenvalue weighted by Crippen LogP contribution is -2.05. The molecular weight excluding hydrogens is 210 g/mol. The molecule has 0 saturated heterocycles. The molecule has 3 nitrogen and oxygen atoms in total. The first kappa shape index (κ1) is 11.5. The van der Waals surface area contributed by atoms with E-state index in [1.807, 2.05) is 13.0 Å². The van der Waals surface area contributed by atoms with Gasteiger partial charge >= 0.3 is 0 Å². The van der Waals surface area contributed by atoms with E-state index < -0.39 is 0 Å². The molecule has 0 saturated carbocycles. The van der Waals surface area contributed by atoms with Crippen LogP contribution in [0.25, 0.3) is 0 Å². The molecule has 1 heterocycles. The Hall–Kier alpha value is -2.03. The summed E-state index contributed by atoms with van der Waals surface area (Å²) in [5, 5.41) is 3.26. The Morgan fingerprint density at radius 2 is 2.06 bits per heavy atom. The number of nitrogen functional groups attached to an aromatic ring is 1. The van der Waals surface area contributed by atoms with E-state index >= 15 is 0 Å². The molecule has 88 valence electrons. The van der Waals surface area contributed by atoms with E-state index in [9.17, 15) is 0 Å². The van der Waals surface area contributed by atoms with Crippen LogP contribution in [0.5, 0.6) is 0 Å². The summed E-state index contributed by atoms with van der Waals surface area (Å²) in [6, 6.07) is 10.3. The average Bonchev–Trinajstić information content (AvgIpc) is 2.31. The fourth-order valence-corrected chi connectivity index (χ4v) is 1.72. The van der Waals surface area contributed by atoms with Crippen LogP contribution in [0.4, 0.5) is 11.5 Å². The van der Waals surface area contributed by atoms with E-state index in [0.29, 0.717) is 0 Å². The zero-order chi connectivity index (χ0) is 12.3. The Morgan fingerprint density at radius 3 is 2.82 bits per heavy atom. The number of hydrogen-bond acceptors (Lipinski definition) is 3. The molecule has 3 heteroatoms. The van der Waals surface area contributed by atoms with Gasteiger partial charge < -0.3 is 11.1 Å². The van der Waals surface area contributed by atoms with Gasteiger partial charge in [0.05, 0.1) is 5.69 Å². The minimum atomic E-state index is 0.722. The van der Waals surface area contributed by atoms with Crippen LogP contribution < -0.4 is 11.1 Å². The predicted octanol–water partition coefficient (Wildman–Crippen LogP) is 2.89. The van der Waals surface area contributed by atoms with Crippen molar-refractivity contribution in [2.75, 3.05) is 11.1 Å². The summed E-state index contributed by atoms with van der Waals surface area (Å²) >= 11 is 0. The van der Waals surface area contributed by atoms with Gasteiger partial charge in [-0.2, -0.15) is 0 Å². The van der Waals surface area contributed by atoms with E-state index in [-0.39, 0.29) is 0 Å². The second kappa shape index (κ2) is 4.87. The molecule has 0 fully saturated rings. The maximum atomic E-state index is 5.95. The Balaban J connectivity index is 2.10. The lowest BCUT2D eigenvalue weighted by atomic mass is 10.1. The van der Waals surface area contributed by atoms with Gasteiger partial charge in [0.2, 0.25) is 0 Å². The van der Waals surface area contributed by atoms with Gasteiger partial charge in [-0.1, -0.05) is 29.8 Å². The third kappa shape index (κ3) is 2.75. The van der Waals surface area contributed by atoms with Crippen LogP contribution in [0.1, 0.15) is 16.7 Å². The molecule has 0 aliphatic rings. The molecule has 0 spiro atoms. The van der Waals surface area contributed by atoms with Crippen molar-refractivity contribution in [3.63, 3.8) is 0 Å². The fourth-order valence-electron chi connectivity index (χ4n) is 1.72. The van der Waals surface area contributed by atoms with Crippen molar-refractivity contribution in [2.24, 2.45) is 0 Å². The number of pyridine rings is 1. The summed E-state index contributed by atoms with van der Waals surface area (Å²) in [4.78, 5) is 4.24. The Morgan fingerprint density at radius 1 is 1.24 bits per heavy atom. The molecule has 3 N–H and O–H groups in total. The molecule has 0 radical (unpaired) electrons. The van der Waals surface area contributed by atoms with Crippen LogP contribution in [0.15, 0.2) is 36.5 Å². The minimum absolute atomic E-state index is 0.722. The van der Waals surface area contributed by atoms with Crippen LogP contribution in [-0.2, 0) is 6.54 Å². The summed E-state index contributed by atoms with van der Waals surface area (Å²) in [6.45, 7) is 4.81. The number of anilines is 2. The van der Waals surface area contributed by atoms with Crippen molar-refractivity contribution in [1.82, 2.24) is 4.98 Å². The SMILES string of the molecule is Cc1cccc(CNc2nccc(C)c2N)c1. The topological polar surface area (TPSA) is 50.9 Å². The molecule has 2 rings (SSSR count). The maximum absolute atomic E-state index is 5.95. The zero-order valence-electron chi connectivity index (χ0n) is 10.2. The van der Waals surface area contributed by atoms with Crippen molar-refractivity contribution in [3.05, 3.63) is 53.2 Å². The molecule has 17 heavy (non-hydrogen) atoms. The molecule has 0 atom stereocenters. The van der Waals surface area contributed by atoms with E-state index in [0.717, 1.165) is 23.6 Å². The monoisotopic (exact) mass is 227 g/mol. The smallest absolute Gasteiger partial charge is 0.149 e. The normalized spacial score (nSPS) is 10.2. The van der Waals surface area contributed by atoms with E-state index in [2.05, 4.69) is 41.5 Å². The van der Waals surface area contributed by atoms with Gasteiger partial charge in [-0.05, 0) is 31.0 Å². The number of aromatic nitrogens is 1. The van der Waals surface area contributed by atoms with Gasteiger partial charge in [-0.15, -0.1) is 0 Å². The highest BCUT2D eigenvalue weighted by Crippen LogP contribution is 2.19. The maximum Gasteiger partial charge on any atom is 0.149 e. The van der Waals surface area contributed by atoms with Crippen molar-refractivity contribution in [2.45, 2.75) is 20.4 Å². The van der Waals surface area contributed by atoms with E-state index in [4.69, 9.17) is 5.73 Å². The fraction of sp³-hybridized carbons (Fsp3) is 0.214. The van der Waals surface area contributed by atoms with E-state index in [1.54, 1.807) is 6.20 Å². The number of benzene rings is 1. The molecule has 0 amide bonds. The summed E-state index contributed by atoms with van der Waals surface area (Å²) in [6.07, 6.45) is 1.77. The van der Waals surface area contributed by atoms with Gasteiger partial charge in [-0.25, -0.2) is 4.98 Å². The first-order valence-corrected chi connectivity index (χ1v) is 5.67. The number of aryl methyl sites for hydroxylation is 2. The second-order valence-corrected chi connectivity index (χ2v) is 4.23. The highest BCUT2D eigenvalue weighted by atomic mass is 15.0. The second-order valence-electron chi connectivity index (χ2n) is 4.23. The molecule has 0 unspecified atom stereocenters. The first-order valence-electron chi connectivity index (χ1n) is 5.67. The molecule has 0 bridgehead atoms. The Kier molecular flexibility index (Phi) is 3.28. The standard InChI is InChI=1S/C14H17N3/c1-10-4-3-5-12(8-10)9-17-14-13(15)11(2)6-7-16-14/h3-8H,9,15H2,1-2H3,(H,16,17). The first-order chi connectivity index (χ1) is 8.16. The van der Waals surface area contributed by atoms with Crippen LogP contribution in [0.2, 0.25) is 0 Å². The van der Waals surface area contributed by atoms with Crippen LogP contribution in [-0.4, -0.2) is 4.98 Å². The molecular formula is C14H17N3. The third-order valence-electron chi connectivity index (χ3n) is 2.75. The van der Waals surface area contributed by atoms with Crippen molar-refractivity contribution in [1.29, 1.82) is 0 Å². The number of nitrogens with two attached hydrogens (primary N) is 1. The van der Waals surface area contributed by atoms with Gasteiger partial charge in [0.25, 0.3) is 0 Å². The van der Waals surface area contributed by atoms with Gasteiger partial charge in [0.1, 0.15) is 5.82 Å². The molecule has 1 aromatic heterocycles. The summed E-state index contributed by atoms with van der Waals surface area (Å²) in [5.74, 6) is 0.756. The highest BCUT2D eigenvalue weighted by Gasteiger charge is 2.02. The van der Waals surface area contributed by atoms with E-state index in [1.165, 1.54) is 11.1 Å². The summed E-state index contributed by atoms with van der Waals surface area (Å²) in [7, 11) is 0. The van der Waals surface area contributed by atoms with Gasteiger partial charge in [-0.3, -0.25) is 0 Å². The van der Waals surface area contributed by atoms with Crippen LogP contribution >= 0.6 is 0 Å². The highest BCUT2D eigenvalue weighted by molar-refractivity contribution is 5.64. The van der Waals surface area contributed by atoms with Crippen molar-refractivity contribution >= 4 is 11.5 Å². The number of rotatable bonds is 3. The molecule has 1 aromatic carbocycles. The predicted molar refractivity (Wildman–Crippen MR) is 71.9 cm³/mol. The minimum Gasteiger partial charge on any atom is -0.396 e. The molecule has 0 aliphatic heterocycles. The van der Waals surface area contributed by atoms with Gasteiger partial charge in [0, 0.05) is 12.7 Å². The summed E-state index contributed by atoms with van der Waals surface area (Å²) < 4.78 is 0. The van der Waals surface area contributed by atoms with Crippen molar-refractivity contribution < 1.29 is 0 Å². The van der Waals surface area contributed by atoms with Crippen LogP contribution in [0, 0.1) is 13.8 Å². The van der Waals surface area contributed by atoms with Crippen LogP contribution in [0.3, 0.4) is 0 Å². The number of nitrogens with one attached hydrogen (secondary N) is 1.